The molecular formula is C15H18F2N2O. The summed E-state index contributed by atoms with van der Waals surface area (Å²) in [6.07, 6.45) is 0.00271. The Balaban J connectivity index is 2.37. The minimum Gasteiger partial charge on any atom is -0.388 e. The second kappa shape index (κ2) is 5.71. The number of aliphatic hydroxyl groups is 1. The van der Waals surface area contributed by atoms with Gasteiger partial charge in [-0.1, -0.05) is 6.92 Å². The summed E-state index contributed by atoms with van der Waals surface area (Å²) in [7, 11) is 0. The maximum absolute atomic E-state index is 13.7. The molecule has 2 aromatic rings. The fourth-order valence-electron chi connectivity index (χ4n) is 2.38. The number of rotatable bonds is 4. The zero-order chi connectivity index (χ0) is 14.9. The van der Waals surface area contributed by atoms with Crippen LogP contribution < -0.4 is 0 Å². The van der Waals surface area contributed by atoms with Crippen LogP contribution in [-0.2, 0) is 6.54 Å². The maximum Gasteiger partial charge on any atom is 0.128 e. The third-order valence-corrected chi connectivity index (χ3v) is 3.49. The van der Waals surface area contributed by atoms with Crippen LogP contribution in [-0.4, -0.2) is 14.9 Å². The van der Waals surface area contributed by atoms with Crippen molar-refractivity contribution < 1.29 is 13.9 Å². The topological polar surface area (TPSA) is 38.1 Å². The molecule has 0 aliphatic heterocycles. The second-order valence-corrected chi connectivity index (χ2v) is 4.90. The average molecular weight is 280 g/mol. The molecule has 0 saturated carbocycles. The quantitative estimate of drug-likeness (QED) is 0.933. The van der Waals surface area contributed by atoms with Crippen molar-refractivity contribution >= 4 is 0 Å². The first-order valence-electron chi connectivity index (χ1n) is 6.60. The van der Waals surface area contributed by atoms with Crippen LogP contribution in [0.2, 0.25) is 0 Å². The van der Waals surface area contributed by atoms with Crippen molar-refractivity contribution in [2.75, 3.05) is 0 Å². The van der Waals surface area contributed by atoms with Crippen molar-refractivity contribution in [2.24, 2.45) is 0 Å². The molecular weight excluding hydrogens is 262 g/mol. The van der Waals surface area contributed by atoms with Gasteiger partial charge in [0.25, 0.3) is 0 Å². The maximum atomic E-state index is 13.7. The molecule has 0 aliphatic carbocycles. The highest BCUT2D eigenvalue weighted by molar-refractivity contribution is 5.28. The zero-order valence-corrected chi connectivity index (χ0v) is 11.8. The van der Waals surface area contributed by atoms with E-state index in [1.165, 1.54) is 6.07 Å². The Morgan fingerprint density at radius 3 is 2.65 bits per heavy atom. The van der Waals surface area contributed by atoms with E-state index in [1.807, 2.05) is 13.8 Å². The van der Waals surface area contributed by atoms with Crippen LogP contribution in [0.3, 0.4) is 0 Å². The molecule has 1 aromatic carbocycles. The Labute approximate surface area is 116 Å². The van der Waals surface area contributed by atoms with E-state index >= 15 is 0 Å². The summed E-state index contributed by atoms with van der Waals surface area (Å²) in [5, 5.41) is 14.3. The van der Waals surface area contributed by atoms with Gasteiger partial charge in [-0.15, -0.1) is 0 Å². The Morgan fingerprint density at radius 1 is 1.30 bits per heavy atom. The average Bonchev–Trinajstić information content (AvgIpc) is 2.68. The van der Waals surface area contributed by atoms with E-state index in [-0.39, 0.29) is 12.1 Å². The number of hydrogen-bond acceptors (Lipinski definition) is 2. The number of nitrogens with zero attached hydrogens (tertiary/aromatic N) is 2. The molecule has 1 unspecified atom stereocenters. The summed E-state index contributed by atoms with van der Waals surface area (Å²) in [6, 6.07) is 3.37. The van der Waals surface area contributed by atoms with Gasteiger partial charge in [0, 0.05) is 16.8 Å². The van der Waals surface area contributed by atoms with Crippen LogP contribution in [0.1, 0.15) is 42.0 Å². The first-order chi connectivity index (χ1) is 9.43. The van der Waals surface area contributed by atoms with Gasteiger partial charge in [-0.05, 0) is 38.5 Å². The van der Waals surface area contributed by atoms with E-state index in [1.54, 1.807) is 11.6 Å². The number of aryl methyl sites for hydroxylation is 1. The van der Waals surface area contributed by atoms with E-state index in [0.29, 0.717) is 12.1 Å². The van der Waals surface area contributed by atoms with Gasteiger partial charge in [-0.25, -0.2) is 8.78 Å². The van der Waals surface area contributed by atoms with Gasteiger partial charge in [-0.2, -0.15) is 5.10 Å². The zero-order valence-electron chi connectivity index (χ0n) is 11.8. The highest BCUT2D eigenvalue weighted by atomic mass is 19.1. The van der Waals surface area contributed by atoms with E-state index in [4.69, 9.17) is 0 Å². The van der Waals surface area contributed by atoms with Gasteiger partial charge in [-0.3, -0.25) is 4.68 Å². The summed E-state index contributed by atoms with van der Waals surface area (Å²) in [4.78, 5) is 0. The normalized spacial score (nSPS) is 12.7. The molecule has 20 heavy (non-hydrogen) atoms. The van der Waals surface area contributed by atoms with Crippen molar-refractivity contribution in [1.29, 1.82) is 0 Å². The lowest BCUT2D eigenvalue weighted by molar-refractivity contribution is 0.172. The molecule has 0 bridgehead atoms. The van der Waals surface area contributed by atoms with Crippen LogP contribution in [0.5, 0.6) is 0 Å². The molecule has 1 N–H and O–H groups in total. The van der Waals surface area contributed by atoms with Crippen molar-refractivity contribution in [3.05, 3.63) is 52.3 Å². The van der Waals surface area contributed by atoms with Crippen molar-refractivity contribution in [2.45, 2.75) is 39.8 Å². The van der Waals surface area contributed by atoms with Gasteiger partial charge in [0.2, 0.25) is 0 Å². The molecule has 5 heteroatoms. The number of aliphatic hydroxyl groups excluding tert-OH is 1. The van der Waals surface area contributed by atoms with Gasteiger partial charge in [0.05, 0.1) is 18.3 Å². The molecule has 0 fully saturated rings. The summed E-state index contributed by atoms with van der Waals surface area (Å²) in [5.74, 6) is -0.937. The Hall–Kier alpha value is -1.75. The van der Waals surface area contributed by atoms with Crippen LogP contribution in [0.15, 0.2) is 18.2 Å². The SMILES string of the molecule is CCC(O)c1c(C)nn(Cc2cc(F)ccc2F)c1C. The molecule has 0 amide bonds. The monoisotopic (exact) mass is 280 g/mol. The number of aromatic nitrogens is 2. The Morgan fingerprint density at radius 2 is 2.00 bits per heavy atom. The van der Waals surface area contributed by atoms with Gasteiger partial charge < -0.3 is 5.11 Å². The molecule has 108 valence electrons. The lowest BCUT2D eigenvalue weighted by Crippen LogP contribution is -2.07. The molecule has 0 spiro atoms. The van der Waals surface area contributed by atoms with Crippen molar-refractivity contribution in [3.63, 3.8) is 0 Å². The van der Waals surface area contributed by atoms with E-state index in [0.717, 1.165) is 23.4 Å². The van der Waals surface area contributed by atoms with E-state index in [2.05, 4.69) is 5.10 Å². The lowest BCUT2D eigenvalue weighted by atomic mass is 10.1. The second-order valence-electron chi connectivity index (χ2n) is 4.90. The fourth-order valence-corrected chi connectivity index (χ4v) is 2.38. The highest BCUT2D eigenvalue weighted by Gasteiger charge is 2.18. The predicted octanol–water partition coefficient (Wildman–Crippen LogP) is 3.27. The third kappa shape index (κ3) is 2.72. The standard InChI is InChI=1S/C15H18F2N2O/c1-4-14(20)15-9(2)18-19(10(15)3)8-11-7-12(16)5-6-13(11)17/h5-7,14,20H,4,8H2,1-3H3. The molecule has 0 radical (unpaired) electrons. The predicted molar refractivity (Wildman–Crippen MR) is 72.4 cm³/mol. The van der Waals surface area contributed by atoms with Crippen LogP contribution in [0.4, 0.5) is 8.78 Å². The van der Waals surface area contributed by atoms with Gasteiger partial charge in [0.15, 0.2) is 0 Å². The number of halogens is 2. The smallest absolute Gasteiger partial charge is 0.128 e. The summed E-state index contributed by atoms with van der Waals surface area (Å²) in [6.45, 7) is 5.66. The third-order valence-electron chi connectivity index (χ3n) is 3.49. The Bertz CT molecular complexity index is 623. The molecule has 1 atom stereocenters. The number of hydrogen-bond donors (Lipinski definition) is 1. The summed E-state index contributed by atoms with van der Waals surface area (Å²) < 4.78 is 28.4. The van der Waals surface area contributed by atoms with Gasteiger partial charge >= 0.3 is 0 Å². The fraction of sp³-hybridized carbons (Fsp3) is 0.400. The molecule has 2 rings (SSSR count). The largest absolute Gasteiger partial charge is 0.388 e. The molecule has 1 heterocycles. The van der Waals surface area contributed by atoms with Gasteiger partial charge in [0.1, 0.15) is 11.6 Å². The van der Waals surface area contributed by atoms with Crippen molar-refractivity contribution in [1.82, 2.24) is 9.78 Å². The first kappa shape index (κ1) is 14.7. The summed E-state index contributed by atoms with van der Waals surface area (Å²) in [5.41, 5.74) is 2.51. The van der Waals surface area contributed by atoms with Crippen molar-refractivity contribution in [3.8, 4) is 0 Å². The highest BCUT2D eigenvalue weighted by Crippen LogP contribution is 2.24. The number of benzene rings is 1. The molecule has 3 nitrogen and oxygen atoms in total. The van der Waals surface area contributed by atoms with Crippen LogP contribution in [0.25, 0.3) is 0 Å². The van der Waals surface area contributed by atoms with Crippen LogP contribution in [0, 0.1) is 25.5 Å². The minimum absolute atomic E-state index is 0.146. The van der Waals surface area contributed by atoms with Crippen LogP contribution >= 0.6 is 0 Å². The van der Waals surface area contributed by atoms with E-state index < -0.39 is 17.7 Å². The van der Waals surface area contributed by atoms with E-state index in [9.17, 15) is 13.9 Å². The minimum atomic E-state index is -0.582. The Kier molecular flexibility index (Phi) is 4.18. The summed E-state index contributed by atoms with van der Waals surface area (Å²) >= 11 is 0. The molecule has 0 saturated heterocycles. The lowest BCUT2D eigenvalue weighted by Gasteiger charge is -2.10. The first-order valence-corrected chi connectivity index (χ1v) is 6.60. The molecule has 1 aromatic heterocycles. The molecule has 0 aliphatic rings.